The molecule has 0 aromatic heterocycles. The van der Waals surface area contributed by atoms with Gasteiger partial charge >= 0.3 is 0 Å². The molecule has 2 aromatic carbocycles. The number of amides is 1. The summed E-state index contributed by atoms with van der Waals surface area (Å²) in [5.41, 5.74) is 2.42. The highest BCUT2D eigenvalue weighted by Crippen LogP contribution is 2.25. The lowest BCUT2D eigenvalue weighted by molar-refractivity contribution is 0.102. The summed E-state index contributed by atoms with van der Waals surface area (Å²) < 4.78 is 27.9. The predicted molar refractivity (Wildman–Crippen MR) is 113 cm³/mol. The number of halogens is 1. The highest BCUT2D eigenvalue weighted by Gasteiger charge is 2.27. The van der Waals surface area contributed by atoms with Gasteiger partial charge in [0, 0.05) is 29.4 Å². The predicted octanol–water partition coefficient (Wildman–Crippen LogP) is 4.77. The van der Waals surface area contributed by atoms with E-state index in [4.69, 9.17) is 11.6 Å². The summed E-state index contributed by atoms with van der Waals surface area (Å²) in [6.07, 6.45) is 3.83. The zero-order valence-corrected chi connectivity index (χ0v) is 17.7. The van der Waals surface area contributed by atoms with Gasteiger partial charge in [-0.3, -0.25) is 4.79 Å². The molecule has 150 valence electrons. The van der Waals surface area contributed by atoms with E-state index in [1.807, 2.05) is 13.0 Å². The van der Waals surface area contributed by atoms with Crippen molar-refractivity contribution < 1.29 is 13.2 Å². The second kappa shape index (κ2) is 8.64. The lowest BCUT2D eigenvalue weighted by atomic mass is 10.1. The number of aryl methyl sites for hydroxylation is 2. The van der Waals surface area contributed by atoms with Crippen LogP contribution in [0.3, 0.4) is 0 Å². The summed E-state index contributed by atoms with van der Waals surface area (Å²) in [7, 11) is -3.63. The number of carbonyl (C=O) groups is 1. The van der Waals surface area contributed by atoms with Crippen molar-refractivity contribution in [3.8, 4) is 0 Å². The van der Waals surface area contributed by atoms with E-state index in [2.05, 4.69) is 5.32 Å². The molecule has 0 saturated carbocycles. The van der Waals surface area contributed by atoms with E-state index in [1.54, 1.807) is 35.5 Å². The topological polar surface area (TPSA) is 66.5 Å². The van der Waals surface area contributed by atoms with Crippen molar-refractivity contribution >= 4 is 33.2 Å². The van der Waals surface area contributed by atoms with Crippen molar-refractivity contribution in [2.24, 2.45) is 0 Å². The van der Waals surface area contributed by atoms with Crippen LogP contribution >= 0.6 is 11.6 Å². The Balaban J connectivity index is 1.87. The van der Waals surface area contributed by atoms with Crippen LogP contribution in [0.4, 0.5) is 5.69 Å². The van der Waals surface area contributed by atoms with Crippen molar-refractivity contribution in [2.45, 2.75) is 44.4 Å². The first kappa shape index (κ1) is 20.8. The number of benzene rings is 2. The molecule has 7 heteroatoms. The molecule has 0 unspecified atom stereocenters. The average Bonchev–Trinajstić information content (AvgIpc) is 2.95. The van der Waals surface area contributed by atoms with Crippen LogP contribution in [0.2, 0.25) is 5.02 Å². The van der Waals surface area contributed by atoms with Gasteiger partial charge in [-0.15, -0.1) is 0 Å². The van der Waals surface area contributed by atoms with E-state index in [9.17, 15) is 13.2 Å². The highest BCUT2D eigenvalue weighted by molar-refractivity contribution is 7.89. The number of nitrogens with one attached hydrogen (secondary N) is 1. The normalized spacial score (nSPS) is 15.8. The monoisotopic (exact) mass is 420 g/mol. The largest absolute Gasteiger partial charge is 0.322 e. The van der Waals surface area contributed by atoms with Crippen LogP contribution in [0.15, 0.2) is 41.3 Å². The third-order valence-corrected chi connectivity index (χ3v) is 7.51. The Bertz CT molecular complexity index is 981. The first-order valence-corrected chi connectivity index (χ1v) is 11.3. The molecule has 3 rings (SSSR count). The number of sulfonamides is 1. The molecule has 1 aliphatic heterocycles. The summed E-state index contributed by atoms with van der Waals surface area (Å²) in [5, 5.41) is 3.34. The second-order valence-corrected chi connectivity index (χ2v) is 9.53. The van der Waals surface area contributed by atoms with Crippen LogP contribution in [-0.2, 0) is 10.0 Å². The molecule has 1 aliphatic rings. The number of hydrogen-bond donors (Lipinski definition) is 1. The Hall–Kier alpha value is -1.89. The minimum absolute atomic E-state index is 0.198. The third kappa shape index (κ3) is 4.57. The summed E-state index contributed by atoms with van der Waals surface area (Å²) >= 11 is 6.11. The molecule has 1 saturated heterocycles. The zero-order chi connectivity index (χ0) is 20.3. The quantitative estimate of drug-likeness (QED) is 0.774. The van der Waals surface area contributed by atoms with Gasteiger partial charge in [0.25, 0.3) is 5.91 Å². The molecule has 1 N–H and O–H groups in total. The Kier molecular flexibility index (Phi) is 6.43. The Morgan fingerprint density at radius 1 is 0.964 bits per heavy atom. The molecule has 2 aromatic rings. The average molecular weight is 421 g/mol. The van der Waals surface area contributed by atoms with Gasteiger partial charge in [-0.05, 0) is 62.1 Å². The Morgan fingerprint density at radius 2 is 1.61 bits per heavy atom. The molecule has 1 fully saturated rings. The first-order valence-electron chi connectivity index (χ1n) is 9.47. The highest BCUT2D eigenvalue weighted by atomic mass is 35.5. The van der Waals surface area contributed by atoms with E-state index < -0.39 is 10.0 Å². The fraction of sp³-hybridized carbons (Fsp3) is 0.381. The van der Waals surface area contributed by atoms with Crippen LogP contribution in [0.1, 0.15) is 47.2 Å². The second-order valence-electron chi connectivity index (χ2n) is 7.22. The zero-order valence-electron chi connectivity index (χ0n) is 16.2. The van der Waals surface area contributed by atoms with Crippen LogP contribution in [0, 0.1) is 13.8 Å². The molecule has 1 amide bonds. The van der Waals surface area contributed by atoms with Gasteiger partial charge in [0.15, 0.2) is 0 Å². The van der Waals surface area contributed by atoms with Crippen molar-refractivity contribution in [3.63, 3.8) is 0 Å². The molecule has 0 aliphatic carbocycles. The van der Waals surface area contributed by atoms with Gasteiger partial charge in [0.05, 0.1) is 4.90 Å². The van der Waals surface area contributed by atoms with Crippen LogP contribution in [0.25, 0.3) is 0 Å². The van der Waals surface area contributed by atoms with Crippen LogP contribution in [-0.4, -0.2) is 31.7 Å². The number of rotatable bonds is 4. The molecular formula is C21H25ClN2O3S. The smallest absolute Gasteiger partial charge is 0.255 e. The Labute approximate surface area is 171 Å². The van der Waals surface area contributed by atoms with Crippen LogP contribution in [0.5, 0.6) is 0 Å². The van der Waals surface area contributed by atoms with Crippen molar-refractivity contribution in [3.05, 3.63) is 58.1 Å². The van der Waals surface area contributed by atoms with Crippen molar-refractivity contribution in [1.82, 2.24) is 4.31 Å². The number of hydrogen-bond acceptors (Lipinski definition) is 3. The van der Waals surface area contributed by atoms with E-state index in [-0.39, 0.29) is 10.8 Å². The molecule has 1 heterocycles. The molecule has 0 bridgehead atoms. The first-order chi connectivity index (χ1) is 13.3. The molecule has 0 atom stereocenters. The van der Waals surface area contributed by atoms with Gasteiger partial charge < -0.3 is 5.32 Å². The number of carbonyl (C=O) groups excluding carboxylic acids is 1. The van der Waals surface area contributed by atoms with E-state index >= 15 is 0 Å². The van der Waals surface area contributed by atoms with Crippen LogP contribution < -0.4 is 5.32 Å². The summed E-state index contributed by atoms with van der Waals surface area (Å²) in [4.78, 5) is 12.9. The van der Waals surface area contributed by atoms with E-state index in [0.717, 1.165) is 31.2 Å². The molecular weight excluding hydrogens is 396 g/mol. The number of nitrogens with zero attached hydrogens (tertiary/aromatic N) is 1. The fourth-order valence-electron chi connectivity index (χ4n) is 3.31. The molecule has 28 heavy (non-hydrogen) atoms. The maximum atomic E-state index is 13.2. The standard InChI is InChI=1S/C21H25ClN2O3S/c1-15-8-10-18(14-19(15)22)23-21(25)17-9-7-16(2)20(13-17)28(26,27)24-11-5-3-4-6-12-24/h7-10,13-14H,3-6,11-12H2,1-2H3,(H,23,25). The van der Waals surface area contributed by atoms with Gasteiger partial charge in [-0.1, -0.05) is 36.6 Å². The molecule has 5 nitrogen and oxygen atoms in total. The van der Waals surface area contributed by atoms with Gasteiger partial charge in [0.2, 0.25) is 10.0 Å². The third-order valence-electron chi connectivity index (χ3n) is 5.06. The summed E-state index contributed by atoms with van der Waals surface area (Å²) in [5.74, 6) is -0.368. The minimum atomic E-state index is -3.63. The lowest BCUT2D eigenvalue weighted by Crippen LogP contribution is -2.32. The summed E-state index contributed by atoms with van der Waals surface area (Å²) in [6.45, 7) is 4.69. The van der Waals surface area contributed by atoms with Gasteiger partial charge in [-0.25, -0.2) is 8.42 Å². The van der Waals surface area contributed by atoms with Crippen molar-refractivity contribution in [2.75, 3.05) is 18.4 Å². The maximum Gasteiger partial charge on any atom is 0.255 e. The van der Waals surface area contributed by atoms with Gasteiger partial charge in [0.1, 0.15) is 0 Å². The Morgan fingerprint density at radius 3 is 2.25 bits per heavy atom. The number of anilines is 1. The maximum absolute atomic E-state index is 13.2. The lowest BCUT2D eigenvalue weighted by Gasteiger charge is -2.21. The minimum Gasteiger partial charge on any atom is -0.322 e. The van der Waals surface area contributed by atoms with Gasteiger partial charge in [-0.2, -0.15) is 4.31 Å². The summed E-state index contributed by atoms with van der Waals surface area (Å²) in [6, 6.07) is 10.1. The van der Waals surface area contributed by atoms with Crippen molar-refractivity contribution in [1.29, 1.82) is 0 Å². The SMILES string of the molecule is Cc1ccc(NC(=O)c2ccc(C)c(S(=O)(=O)N3CCCCCC3)c2)cc1Cl. The van der Waals surface area contributed by atoms with E-state index in [0.29, 0.717) is 34.9 Å². The molecule has 0 radical (unpaired) electrons. The molecule has 0 spiro atoms. The fourth-order valence-corrected chi connectivity index (χ4v) is 5.26. The van der Waals surface area contributed by atoms with E-state index in [1.165, 1.54) is 6.07 Å².